The highest BCUT2D eigenvalue weighted by Gasteiger charge is 2.07. The summed E-state index contributed by atoms with van der Waals surface area (Å²) in [5.41, 5.74) is 1.95. The molecule has 4 nitrogen and oxygen atoms in total. The molecule has 0 saturated carbocycles. The predicted molar refractivity (Wildman–Crippen MR) is 66.8 cm³/mol. The molecule has 0 aliphatic rings. The number of tetrazole rings is 1. The van der Waals surface area contributed by atoms with Crippen LogP contribution in [0.5, 0.6) is 0 Å². The Morgan fingerprint density at radius 2 is 2.18 bits per heavy atom. The first-order valence-electron chi connectivity index (χ1n) is 6.01. The third kappa shape index (κ3) is 2.90. The van der Waals surface area contributed by atoms with Gasteiger partial charge in [-0.1, -0.05) is 31.9 Å². The first-order chi connectivity index (χ1) is 8.31. The molecule has 1 aromatic carbocycles. The molecule has 2 rings (SSSR count). The van der Waals surface area contributed by atoms with Gasteiger partial charge in [-0.2, -0.15) is 4.68 Å². The monoisotopic (exact) mass is 229 g/mol. The Bertz CT molecular complexity index is 476. The molecule has 0 unspecified atom stereocenters. The maximum atomic E-state index is 4.08. The van der Waals surface area contributed by atoms with Crippen molar-refractivity contribution in [2.75, 3.05) is 0 Å². The molecule has 0 bridgehead atoms. The van der Waals surface area contributed by atoms with E-state index in [1.165, 1.54) is 12.8 Å². The van der Waals surface area contributed by atoms with Crippen molar-refractivity contribution in [3.63, 3.8) is 0 Å². The number of rotatable bonds is 5. The van der Waals surface area contributed by atoms with Crippen molar-refractivity contribution in [2.24, 2.45) is 0 Å². The van der Waals surface area contributed by atoms with Crippen molar-refractivity contribution < 1.29 is 0 Å². The molecule has 1 aromatic heterocycles. The quantitative estimate of drug-likeness (QED) is 0.740. The van der Waals surface area contributed by atoms with E-state index < -0.39 is 0 Å². The van der Waals surface area contributed by atoms with E-state index in [2.05, 4.69) is 29.4 Å². The van der Waals surface area contributed by atoms with Gasteiger partial charge in [-0.05, 0) is 41.5 Å². The number of nitrogens with zero attached hydrogens (tertiary/aromatic N) is 4. The fraction of sp³-hybridized carbons (Fsp3) is 0.385. The first kappa shape index (κ1) is 11.8. The summed E-state index contributed by atoms with van der Waals surface area (Å²) in [5, 5.41) is 11.9. The summed E-state index contributed by atoms with van der Waals surface area (Å²) in [6.07, 6.45) is 4.46. The number of aromatic nitrogens is 4. The molecule has 1 heterocycles. The third-order valence-corrected chi connectivity index (χ3v) is 2.69. The zero-order valence-electron chi connectivity index (χ0n) is 10.1. The molecule has 0 fully saturated rings. The van der Waals surface area contributed by atoms with Crippen LogP contribution in [0.25, 0.3) is 5.69 Å². The first-order valence-corrected chi connectivity index (χ1v) is 6.01. The van der Waals surface area contributed by atoms with Crippen molar-refractivity contribution in [1.29, 1.82) is 0 Å². The van der Waals surface area contributed by atoms with E-state index in [0.717, 1.165) is 29.9 Å². The molecule has 0 aliphatic heterocycles. The number of hydrogen-bond donors (Lipinski definition) is 0. The second-order valence-electron chi connectivity index (χ2n) is 4.13. The average Bonchev–Trinajstić information content (AvgIpc) is 2.78. The van der Waals surface area contributed by atoms with Gasteiger partial charge < -0.3 is 0 Å². The third-order valence-electron chi connectivity index (χ3n) is 2.69. The molecule has 4 heteroatoms. The highest BCUT2D eigenvalue weighted by atomic mass is 15.5. The van der Waals surface area contributed by atoms with Crippen molar-refractivity contribution in [1.82, 2.24) is 20.2 Å². The predicted octanol–water partition coefficient (Wildman–Crippen LogP) is 2.58. The molecule has 1 radical (unpaired) electrons. The van der Waals surface area contributed by atoms with E-state index in [4.69, 9.17) is 0 Å². The Kier molecular flexibility index (Phi) is 3.85. The highest BCUT2D eigenvalue weighted by molar-refractivity contribution is 5.36. The lowest BCUT2D eigenvalue weighted by atomic mass is 10.2. The summed E-state index contributed by atoms with van der Waals surface area (Å²) in [5.74, 6) is 0.920. The minimum atomic E-state index is 0.919. The van der Waals surface area contributed by atoms with Crippen LogP contribution in [0.15, 0.2) is 24.3 Å². The zero-order valence-corrected chi connectivity index (χ0v) is 10.1. The van der Waals surface area contributed by atoms with Gasteiger partial charge in [-0.15, -0.1) is 5.10 Å². The van der Waals surface area contributed by atoms with E-state index in [0.29, 0.717) is 0 Å². The van der Waals surface area contributed by atoms with Gasteiger partial charge in [-0.3, -0.25) is 0 Å². The maximum Gasteiger partial charge on any atom is 0.156 e. The van der Waals surface area contributed by atoms with E-state index in [1.807, 2.05) is 24.3 Å². The topological polar surface area (TPSA) is 43.6 Å². The van der Waals surface area contributed by atoms with Gasteiger partial charge in [0.05, 0.1) is 5.69 Å². The zero-order chi connectivity index (χ0) is 12.1. The normalized spacial score (nSPS) is 10.7. The average molecular weight is 229 g/mol. The summed E-state index contributed by atoms with van der Waals surface area (Å²) in [4.78, 5) is 0. The molecule has 0 amide bonds. The van der Waals surface area contributed by atoms with E-state index in [-0.39, 0.29) is 0 Å². The SMILES string of the molecule is [CH2]c1cccc(-n2nnnc2CCCCC)c1. The smallest absolute Gasteiger partial charge is 0.156 e. The maximum absolute atomic E-state index is 4.08. The Morgan fingerprint density at radius 3 is 2.94 bits per heavy atom. The fourth-order valence-electron chi connectivity index (χ4n) is 1.78. The lowest BCUT2D eigenvalue weighted by molar-refractivity contribution is 0.673. The second kappa shape index (κ2) is 5.57. The molecule has 0 aliphatic carbocycles. The number of aryl methyl sites for hydroxylation is 1. The Balaban J connectivity index is 2.18. The highest BCUT2D eigenvalue weighted by Crippen LogP contribution is 2.11. The molecule has 17 heavy (non-hydrogen) atoms. The summed E-state index contributed by atoms with van der Waals surface area (Å²) in [7, 11) is 0. The minimum absolute atomic E-state index is 0.919. The van der Waals surface area contributed by atoms with Crippen LogP contribution in [0.2, 0.25) is 0 Å². The van der Waals surface area contributed by atoms with E-state index in [9.17, 15) is 0 Å². The van der Waals surface area contributed by atoms with Crippen LogP contribution in [0.1, 0.15) is 37.6 Å². The van der Waals surface area contributed by atoms with Crippen LogP contribution < -0.4 is 0 Å². The molecule has 0 atom stereocenters. The van der Waals surface area contributed by atoms with Crippen molar-refractivity contribution in [3.05, 3.63) is 42.6 Å². The van der Waals surface area contributed by atoms with E-state index >= 15 is 0 Å². The van der Waals surface area contributed by atoms with Crippen LogP contribution in [-0.4, -0.2) is 20.2 Å². The van der Waals surface area contributed by atoms with Crippen LogP contribution in [0.3, 0.4) is 0 Å². The fourth-order valence-corrected chi connectivity index (χ4v) is 1.78. The molecular formula is C13H17N4. The Labute approximate surface area is 102 Å². The van der Waals surface area contributed by atoms with Crippen molar-refractivity contribution in [3.8, 4) is 5.69 Å². The van der Waals surface area contributed by atoms with Gasteiger partial charge in [0.15, 0.2) is 5.82 Å². The standard InChI is InChI=1S/C13H17N4/c1-3-4-5-9-13-14-15-16-17(13)12-8-6-7-11(2)10-12/h6-8,10H,2-5,9H2,1H3. The molecule has 0 N–H and O–H groups in total. The summed E-state index contributed by atoms with van der Waals surface area (Å²) >= 11 is 0. The van der Waals surface area contributed by atoms with Crippen LogP contribution in [-0.2, 0) is 6.42 Å². The lowest BCUT2D eigenvalue weighted by Gasteiger charge is -2.04. The van der Waals surface area contributed by atoms with Crippen molar-refractivity contribution >= 4 is 0 Å². The van der Waals surface area contributed by atoms with Gasteiger partial charge in [0.1, 0.15) is 0 Å². The van der Waals surface area contributed by atoms with Gasteiger partial charge in [0, 0.05) is 6.42 Å². The Hall–Kier alpha value is -1.71. The Morgan fingerprint density at radius 1 is 1.29 bits per heavy atom. The number of benzene rings is 1. The van der Waals surface area contributed by atoms with Gasteiger partial charge in [-0.25, -0.2) is 0 Å². The second-order valence-corrected chi connectivity index (χ2v) is 4.13. The largest absolute Gasteiger partial charge is 0.197 e. The van der Waals surface area contributed by atoms with Gasteiger partial charge in [0.2, 0.25) is 0 Å². The number of unbranched alkanes of at least 4 members (excludes halogenated alkanes) is 2. The molecular weight excluding hydrogens is 212 g/mol. The lowest BCUT2D eigenvalue weighted by Crippen LogP contribution is -2.03. The molecule has 0 spiro atoms. The molecule has 2 aromatic rings. The molecule has 0 saturated heterocycles. The minimum Gasteiger partial charge on any atom is -0.197 e. The summed E-state index contributed by atoms with van der Waals surface area (Å²) in [6, 6.07) is 7.91. The van der Waals surface area contributed by atoms with Crippen LogP contribution in [0.4, 0.5) is 0 Å². The summed E-state index contributed by atoms with van der Waals surface area (Å²) in [6.45, 7) is 6.10. The van der Waals surface area contributed by atoms with Crippen LogP contribution in [0, 0.1) is 6.92 Å². The van der Waals surface area contributed by atoms with Crippen LogP contribution >= 0.6 is 0 Å². The number of hydrogen-bond acceptors (Lipinski definition) is 3. The van der Waals surface area contributed by atoms with E-state index in [1.54, 1.807) is 4.68 Å². The van der Waals surface area contributed by atoms with Gasteiger partial charge in [0.25, 0.3) is 0 Å². The summed E-state index contributed by atoms with van der Waals surface area (Å²) < 4.78 is 1.80. The van der Waals surface area contributed by atoms with Crippen molar-refractivity contribution in [2.45, 2.75) is 32.6 Å². The molecule has 89 valence electrons. The van der Waals surface area contributed by atoms with Gasteiger partial charge >= 0.3 is 0 Å².